The average molecular weight is 352 g/mol. The van der Waals surface area contributed by atoms with Crippen molar-refractivity contribution in [1.82, 2.24) is 10.9 Å². The summed E-state index contributed by atoms with van der Waals surface area (Å²) in [4.78, 5) is 12.1. The largest absolute Gasteiger partial charge is 0.331 e. The van der Waals surface area contributed by atoms with E-state index in [4.69, 9.17) is 17.5 Å². The number of hydrazine groups is 1. The van der Waals surface area contributed by atoms with Crippen molar-refractivity contribution in [3.63, 3.8) is 0 Å². The van der Waals surface area contributed by atoms with Crippen molar-refractivity contribution in [2.75, 3.05) is 17.4 Å². The van der Waals surface area contributed by atoms with Gasteiger partial charge < -0.3 is 5.32 Å². The summed E-state index contributed by atoms with van der Waals surface area (Å²) in [7, 11) is 1.65. The SMILES string of the molecule is CN(/N=C(\C#N)C(=O)NNC(=S)Nc1ccccc1)c1ccccc1. The van der Waals surface area contributed by atoms with Gasteiger partial charge in [-0.2, -0.15) is 10.4 Å². The molecule has 0 aliphatic carbocycles. The third kappa shape index (κ3) is 5.60. The molecule has 0 radical (unpaired) electrons. The Morgan fingerprint density at radius 3 is 2.28 bits per heavy atom. The summed E-state index contributed by atoms with van der Waals surface area (Å²) >= 11 is 5.07. The Balaban J connectivity index is 1.92. The van der Waals surface area contributed by atoms with Crippen molar-refractivity contribution in [3.8, 4) is 6.07 Å². The van der Waals surface area contributed by atoms with Gasteiger partial charge >= 0.3 is 5.91 Å². The molecule has 3 N–H and O–H groups in total. The number of hydrogen-bond acceptors (Lipinski definition) is 5. The highest BCUT2D eigenvalue weighted by Crippen LogP contribution is 2.11. The predicted octanol–water partition coefficient (Wildman–Crippen LogP) is 2.02. The fraction of sp³-hybridized carbons (Fsp3) is 0.0588. The van der Waals surface area contributed by atoms with Crippen LogP contribution in [0.3, 0.4) is 0 Å². The fourth-order valence-corrected chi connectivity index (χ4v) is 2.00. The minimum absolute atomic E-state index is 0.188. The third-order valence-corrected chi connectivity index (χ3v) is 3.23. The third-order valence-electron chi connectivity index (χ3n) is 3.02. The van der Waals surface area contributed by atoms with Crippen molar-refractivity contribution < 1.29 is 4.79 Å². The molecule has 0 fully saturated rings. The first-order chi connectivity index (χ1) is 12.1. The summed E-state index contributed by atoms with van der Waals surface area (Å²) in [5.74, 6) is -0.692. The number of rotatable bonds is 4. The number of carbonyl (C=O) groups is 1. The number of para-hydroxylation sites is 2. The number of amides is 1. The van der Waals surface area contributed by atoms with Crippen LogP contribution in [0, 0.1) is 11.3 Å². The Labute approximate surface area is 150 Å². The highest BCUT2D eigenvalue weighted by Gasteiger charge is 2.13. The van der Waals surface area contributed by atoms with Crippen molar-refractivity contribution in [2.45, 2.75) is 0 Å². The number of hydrazone groups is 1. The van der Waals surface area contributed by atoms with Gasteiger partial charge in [-0.1, -0.05) is 36.4 Å². The first kappa shape index (κ1) is 17.9. The maximum atomic E-state index is 12.1. The second-order valence-electron chi connectivity index (χ2n) is 4.82. The van der Waals surface area contributed by atoms with Crippen LogP contribution in [0.25, 0.3) is 0 Å². The summed E-state index contributed by atoms with van der Waals surface area (Å²) in [6, 6.07) is 20.2. The zero-order chi connectivity index (χ0) is 18.1. The van der Waals surface area contributed by atoms with Crippen molar-refractivity contribution in [2.24, 2.45) is 5.10 Å². The van der Waals surface area contributed by atoms with E-state index in [2.05, 4.69) is 21.3 Å². The molecule has 7 nitrogen and oxygen atoms in total. The van der Waals surface area contributed by atoms with Crippen LogP contribution in [0.15, 0.2) is 65.8 Å². The molecule has 0 aromatic heterocycles. The molecule has 0 atom stereocenters. The maximum Gasteiger partial charge on any atom is 0.301 e. The maximum absolute atomic E-state index is 12.1. The number of carbonyl (C=O) groups excluding carboxylic acids is 1. The Kier molecular flexibility index (Phi) is 6.45. The van der Waals surface area contributed by atoms with Crippen LogP contribution in [0.4, 0.5) is 11.4 Å². The quantitative estimate of drug-likeness (QED) is 0.443. The van der Waals surface area contributed by atoms with Crippen LogP contribution in [-0.2, 0) is 4.79 Å². The normalized spacial score (nSPS) is 10.3. The Hall–Kier alpha value is -3.44. The van der Waals surface area contributed by atoms with Crippen molar-refractivity contribution >= 4 is 40.3 Å². The highest BCUT2D eigenvalue weighted by atomic mass is 32.1. The molecule has 0 unspecified atom stereocenters. The molecule has 0 aliphatic rings. The van der Waals surface area contributed by atoms with Crippen LogP contribution in [0.5, 0.6) is 0 Å². The van der Waals surface area contributed by atoms with Crippen LogP contribution < -0.4 is 21.2 Å². The molecule has 2 aromatic rings. The Morgan fingerprint density at radius 2 is 1.68 bits per heavy atom. The van der Waals surface area contributed by atoms with Gasteiger partial charge in [0, 0.05) is 12.7 Å². The number of hydrogen-bond donors (Lipinski definition) is 3. The van der Waals surface area contributed by atoms with E-state index in [9.17, 15) is 4.79 Å². The molecule has 126 valence electrons. The number of benzene rings is 2. The molecule has 25 heavy (non-hydrogen) atoms. The van der Waals surface area contributed by atoms with Crippen LogP contribution in [0.1, 0.15) is 0 Å². The first-order valence-corrected chi connectivity index (χ1v) is 7.71. The van der Waals surface area contributed by atoms with Gasteiger partial charge in [-0.25, -0.2) is 0 Å². The summed E-state index contributed by atoms with van der Waals surface area (Å²) in [6.07, 6.45) is 0. The summed E-state index contributed by atoms with van der Waals surface area (Å²) in [5, 5.41) is 17.7. The van der Waals surface area contributed by atoms with E-state index in [1.165, 1.54) is 5.01 Å². The topological polar surface area (TPSA) is 92.5 Å². The van der Waals surface area contributed by atoms with E-state index in [1.54, 1.807) is 13.1 Å². The monoisotopic (exact) mass is 352 g/mol. The molecule has 0 bridgehead atoms. The zero-order valence-electron chi connectivity index (χ0n) is 13.4. The zero-order valence-corrected chi connectivity index (χ0v) is 14.2. The molecule has 0 spiro atoms. The Morgan fingerprint density at radius 1 is 1.08 bits per heavy atom. The van der Waals surface area contributed by atoms with E-state index in [0.717, 1.165) is 11.4 Å². The van der Waals surface area contributed by atoms with Gasteiger partial charge in [0.25, 0.3) is 0 Å². The number of thiocarbonyl (C=S) groups is 1. The number of nitrogens with one attached hydrogen (secondary N) is 3. The highest BCUT2D eigenvalue weighted by molar-refractivity contribution is 7.80. The minimum Gasteiger partial charge on any atom is -0.331 e. The van der Waals surface area contributed by atoms with E-state index in [-0.39, 0.29) is 10.8 Å². The number of nitriles is 1. The standard InChI is InChI=1S/C17H16N6OS/c1-23(14-10-6-3-7-11-14)22-15(12-18)16(24)20-21-17(25)19-13-8-4-2-5-9-13/h2-11H,1H3,(H,20,24)(H2,19,21,25)/b22-15+. The first-order valence-electron chi connectivity index (χ1n) is 7.30. The summed E-state index contributed by atoms with van der Waals surface area (Å²) in [5.41, 5.74) is 6.08. The van der Waals surface area contributed by atoms with Crippen molar-refractivity contribution in [3.05, 3.63) is 60.7 Å². The van der Waals surface area contributed by atoms with E-state index in [0.29, 0.717) is 0 Å². The Bertz CT molecular complexity index is 801. The smallest absolute Gasteiger partial charge is 0.301 e. The predicted molar refractivity (Wildman–Crippen MR) is 102 cm³/mol. The van der Waals surface area contributed by atoms with Crippen LogP contribution in [-0.4, -0.2) is 23.8 Å². The molecule has 8 heteroatoms. The second-order valence-corrected chi connectivity index (χ2v) is 5.23. The minimum atomic E-state index is -0.692. The second kappa shape index (κ2) is 9.00. The lowest BCUT2D eigenvalue weighted by molar-refractivity contribution is -0.115. The molecular formula is C17H16N6OS. The van der Waals surface area contributed by atoms with Gasteiger partial charge in [0.1, 0.15) is 6.07 Å². The molecular weight excluding hydrogens is 336 g/mol. The van der Waals surface area contributed by atoms with Gasteiger partial charge in [0.15, 0.2) is 5.11 Å². The van der Waals surface area contributed by atoms with E-state index in [1.807, 2.05) is 60.7 Å². The summed E-state index contributed by atoms with van der Waals surface area (Å²) < 4.78 is 0. The van der Waals surface area contributed by atoms with Gasteiger partial charge in [0.2, 0.25) is 5.71 Å². The summed E-state index contributed by atoms with van der Waals surface area (Å²) in [6.45, 7) is 0. The molecule has 2 rings (SSSR count). The van der Waals surface area contributed by atoms with Crippen molar-refractivity contribution in [1.29, 1.82) is 5.26 Å². The average Bonchev–Trinajstić information content (AvgIpc) is 2.65. The van der Waals surface area contributed by atoms with Gasteiger partial charge in [-0.3, -0.25) is 20.7 Å². The molecule has 0 aliphatic heterocycles. The van der Waals surface area contributed by atoms with Gasteiger partial charge in [-0.15, -0.1) is 0 Å². The number of anilines is 2. The fourth-order valence-electron chi connectivity index (χ4n) is 1.83. The lowest BCUT2D eigenvalue weighted by atomic mass is 10.3. The molecule has 0 saturated carbocycles. The molecule has 0 saturated heterocycles. The van der Waals surface area contributed by atoms with Crippen LogP contribution in [0.2, 0.25) is 0 Å². The van der Waals surface area contributed by atoms with Crippen LogP contribution >= 0.6 is 12.2 Å². The van der Waals surface area contributed by atoms with Gasteiger partial charge in [-0.05, 0) is 36.5 Å². The number of nitrogens with zero attached hydrogens (tertiary/aromatic N) is 3. The molecule has 1 amide bonds. The van der Waals surface area contributed by atoms with E-state index < -0.39 is 5.91 Å². The lowest BCUT2D eigenvalue weighted by Gasteiger charge is -2.14. The van der Waals surface area contributed by atoms with E-state index >= 15 is 0 Å². The van der Waals surface area contributed by atoms with Gasteiger partial charge in [0.05, 0.1) is 5.69 Å². The molecule has 2 aromatic carbocycles. The molecule has 0 heterocycles. The lowest BCUT2D eigenvalue weighted by Crippen LogP contribution is -2.46.